The van der Waals surface area contributed by atoms with Gasteiger partial charge in [0.25, 0.3) is 0 Å². The average molecular weight is 215 g/mol. The summed E-state index contributed by atoms with van der Waals surface area (Å²) < 4.78 is 0. The zero-order valence-electron chi connectivity index (χ0n) is 9.53. The zero-order chi connectivity index (χ0) is 11.5. The summed E-state index contributed by atoms with van der Waals surface area (Å²) in [6, 6.07) is 5.95. The van der Waals surface area contributed by atoms with Crippen LogP contribution in [0.1, 0.15) is 22.7 Å². The van der Waals surface area contributed by atoms with Crippen molar-refractivity contribution in [1.29, 1.82) is 0 Å². The van der Waals surface area contributed by atoms with E-state index in [1.165, 1.54) is 5.56 Å². The Bertz CT molecular complexity index is 435. The molecule has 3 heteroatoms. The molecular weight excluding hydrogens is 198 g/mol. The number of hydrogen-bond acceptors (Lipinski definition) is 3. The molecule has 16 heavy (non-hydrogen) atoms. The first-order valence-corrected chi connectivity index (χ1v) is 5.50. The molecule has 0 aliphatic carbocycles. The highest BCUT2D eigenvalue weighted by Crippen LogP contribution is 2.21. The molecule has 0 spiro atoms. The van der Waals surface area contributed by atoms with Crippen LogP contribution >= 0.6 is 0 Å². The number of benzene rings is 1. The first-order chi connectivity index (χ1) is 7.74. The summed E-state index contributed by atoms with van der Waals surface area (Å²) in [5.41, 5.74) is 9.63. The quantitative estimate of drug-likeness (QED) is 0.805. The van der Waals surface area contributed by atoms with Gasteiger partial charge in [-0.25, -0.2) is 0 Å². The van der Waals surface area contributed by atoms with Crippen LogP contribution in [0.25, 0.3) is 6.08 Å². The SMILES string of the molecule is C=Cc1cccc(C(N)C2=NCCN2)c1C. The van der Waals surface area contributed by atoms with Crippen molar-refractivity contribution < 1.29 is 0 Å². The van der Waals surface area contributed by atoms with Crippen LogP contribution in [0.3, 0.4) is 0 Å². The van der Waals surface area contributed by atoms with Gasteiger partial charge in [0.1, 0.15) is 5.84 Å². The van der Waals surface area contributed by atoms with E-state index in [4.69, 9.17) is 5.73 Å². The maximum atomic E-state index is 6.20. The average Bonchev–Trinajstić information content (AvgIpc) is 2.82. The molecule has 1 heterocycles. The second-order valence-corrected chi connectivity index (χ2v) is 3.94. The van der Waals surface area contributed by atoms with Crippen LogP contribution in [0, 0.1) is 6.92 Å². The fraction of sp³-hybridized carbons (Fsp3) is 0.308. The van der Waals surface area contributed by atoms with E-state index >= 15 is 0 Å². The van der Waals surface area contributed by atoms with E-state index in [1.54, 1.807) is 0 Å². The lowest BCUT2D eigenvalue weighted by Crippen LogP contribution is -2.31. The van der Waals surface area contributed by atoms with Crippen LogP contribution in [0.15, 0.2) is 29.8 Å². The first-order valence-electron chi connectivity index (χ1n) is 5.50. The van der Waals surface area contributed by atoms with Gasteiger partial charge in [0.05, 0.1) is 12.6 Å². The summed E-state index contributed by atoms with van der Waals surface area (Å²) in [6.45, 7) is 7.59. The van der Waals surface area contributed by atoms with E-state index in [0.29, 0.717) is 0 Å². The molecule has 0 radical (unpaired) electrons. The van der Waals surface area contributed by atoms with Crippen molar-refractivity contribution in [2.24, 2.45) is 10.7 Å². The summed E-state index contributed by atoms with van der Waals surface area (Å²) in [5.74, 6) is 0.893. The van der Waals surface area contributed by atoms with Gasteiger partial charge < -0.3 is 11.1 Å². The van der Waals surface area contributed by atoms with Crippen LogP contribution in [0.2, 0.25) is 0 Å². The molecule has 84 valence electrons. The number of nitrogens with one attached hydrogen (secondary N) is 1. The standard InChI is InChI=1S/C13H17N3/c1-3-10-5-4-6-11(9(10)2)12(14)13-15-7-8-16-13/h3-6,12H,1,7-8,14H2,2H3,(H,15,16). The van der Waals surface area contributed by atoms with Gasteiger partial charge in [0.15, 0.2) is 0 Å². The van der Waals surface area contributed by atoms with Gasteiger partial charge in [-0.2, -0.15) is 0 Å². The van der Waals surface area contributed by atoms with Crippen LogP contribution in [0.4, 0.5) is 0 Å². The highest BCUT2D eigenvalue weighted by Gasteiger charge is 2.18. The van der Waals surface area contributed by atoms with Gasteiger partial charge in [-0.15, -0.1) is 0 Å². The predicted octanol–water partition coefficient (Wildman–Crippen LogP) is 1.64. The Hall–Kier alpha value is -1.61. The van der Waals surface area contributed by atoms with Crippen LogP contribution in [-0.2, 0) is 0 Å². The third-order valence-electron chi connectivity index (χ3n) is 2.97. The van der Waals surface area contributed by atoms with Crippen molar-refractivity contribution in [3.63, 3.8) is 0 Å². The smallest absolute Gasteiger partial charge is 0.118 e. The molecule has 0 fully saturated rings. The third-order valence-corrected chi connectivity index (χ3v) is 2.97. The minimum atomic E-state index is -0.151. The minimum Gasteiger partial charge on any atom is -0.370 e. The first kappa shape index (κ1) is 10.9. The summed E-state index contributed by atoms with van der Waals surface area (Å²) in [5, 5.41) is 3.22. The lowest BCUT2D eigenvalue weighted by molar-refractivity contribution is 0.886. The van der Waals surface area contributed by atoms with Crippen LogP contribution in [0.5, 0.6) is 0 Å². The van der Waals surface area contributed by atoms with Crippen molar-refractivity contribution in [2.75, 3.05) is 13.1 Å². The number of nitrogens with two attached hydrogens (primary N) is 1. The molecule has 0 amide bonds. The lowest BCUT2D eigenvalue weighted by Gasteiger charge is -2.16. The second kappa shape index (κ2) is 4.49. The van der Waals surface area contributed by atoms with E-state index in [9.17, 15) is 0 Å². The Morgan fingerprint density at radius 1 is 1.56 bits per heavy atom. The van der Waals surface area contributed by atoms with Crippen molar-refractivity contribution in [1.82, 2.24) is 5.32 Å². The van der Waals surface area contributed by atoms with E-state index < -0.39 is 0 Å². The van der Waals surface area contributed by atoms with Crippen LogP contribution < -0.4 is 11.1 Å². The molecule has 3 N–H and O–H groups in total. The summed E-state index contributed by atoms with van der Waals surface area (Å²) >= 11 is 0. The molecule has 0 bridgehead atoms. The Labute approximate surface area is 96.1 Å². The van der Waals surface area contributed by atoms with Gasteiger partial charge in [0.2, 0.25) is 0 Å². The fourth-order valence-electron chi connectivity index (χ4n) is 2.00. The maximum Gasteiger partial charge on any atom is 0.118 e. The molecule has 0 saturated carbocycles. The van der Waals surface area contributed by atoms with Crippen LogP contribution in [-0.4, -0.2) is 18.9 Å². The van der Waals surface area contributed by atoms with Gasteiger partial charge in [-0.05, 0) is 23.6 Å². The number of nitrogens with zero attached hydrogens (tertiary/aromatic N) is 1. The predicted molar refractivity (Wildman–Crippen MR) is 68.5 cm³/mol. The van der Waals surface area contributed by atoms with Gasteiger partial charge in [-0.1, -0.05) is 30.9 Å². The summed E-state index contributed by atoms with van der Waals surface area (Å²) in [4.78, 5) is 4.36. The van der Waals surface area contributed by atoms with E-state index in [-0.39, 0.29) is 6.04 Å². The van der Waals surface area contributed by atoms with Crippen molar-refractivity contribution in [3.8, 4) is 0 Å². The Kier molecular flexibility index (Phi) is 3.06. The van der Waals surface area contributed by atoms with Gasteiger partial charge in [-0.3, -0.25) is 4.99 Å². The van der Waals surface area contributed by atoms with E-state index in [1.807, 2.05) is 18.2 Å². The maximum absolute atomic E-state index is 6.20. The molecule has 2 rings (SSSR count). The fourth-order valence-corrected chi connectivity index (χ4v) is 2.00. The molecule has 3 nitrogen and oxygen atoms in total. The summed E-state index contributed by atoms with van der Waals surface area (Å²) in [7, 11) is 0. The third kappa shape index (κ3) is 1.86. The molecule has 1 aliphatic heterocycles. The normalized spacial score (nSPS) is 16.5. The molecule has 1 unspecified atom stereocenters. The van der Waals surface area contributed by atoms with Gasteiger partial charge in [0, 0.05) is 6.54 Å². The Morgan fingerprint density at radius 3 is 3.00 bits per heavy atom. The second-order valence-electron chi connectivity index (χ2n) is 3.94. The largest absolute Gasteiger partial charge is 0.370 e. The number of amidine groups is 1. The topological polar surface area (TPSA) is 50.4 Å². The molecule has 0 saturated heterocycles. The highest BCUT2D eigenvalue weighted by molar-refractivity contribution is 5.90. The monoisotopic (exact) mass is 215 g/mol. The molecule has 1 atom stereocenters. The number of hydrogen-bond donors (Lipinski definition) is 2. The number of aliphatic imine (C=N–C) groups is 1. The molecule has 1 aliphatic rings. The van der Waals surface area contributed by atoms with Gasteiger partial charge >= 0.3 is 0 Å². The molecule has 1 aromatic carbocycles. The molecular formula is C13H17N3. The Balaban J connectivity index is 2.36. The zero-order valence-corrected chi connectivity index (χ0v) is 9.53. The number of rotatable bonds is 3. The molecule has 1 aromatic rings. The van der Waals surface area contributed by atoms with Crippen molar-refractivity contribution in [2.45, 2.75) is 13.0 Å². The highest BCUT2D eigenvalue weighted by atomic mass is 15.1. The molecule has 0 aromatic heterocycles. The summed E-state index contributed by atoms with van der Waals surface area (Å²) in [6.07, 6.45) is 1.86. The van der Waals surface area contributed by atoms with Crippen molar-refractivity contribution >= 4 is 11.9 Å². The minimum absolute atomic E-state index is 0.151. The van der Waals surface area contributed by atoms with E-state index in [2.05, 4.69) is 29.9 Å². The van der Waals surface area contributed by atoms with Crippen molar-refractivity contribution in [3.05, 3.63) is 41.5 Å². The Morgan fingerprint density at radius 2 is 2.38 bits per heavy atom. The van der Waals surface area contributed by atoms with E-state index in [0.717, 1.165) is 30.1 Å². The lowest BCUT2D eigenvalue weighted by atomic mass is 9.96.